The van der Waals surface area contributed by atoms with E-state index in [0.29, 0.717) is 21.7 Å². The second-order valence-corrected chi connectivity index (χ2v) is 4.83. The molecule has 0 amide bonds. The summed E-state index contributed by atoms with van der Waals surface area (Å²) in [5, 5.41) is 10.8. The largest absolute Gasteiger partial charge is 0.506 e. The van der Waals surface area contributed by atoms with Gasteiger partial charge >= 0.3 is 0 Å². The molecule has 0 fully saturated rings. The number of phenols is 1. The maximum Gasteiger partial charge on any atom is 0.266 e. The number of hydrogen-bond acceptors (Lipinski definition) is 3. The van der Waals surface area contributed by atoms with Gasteiger partial charge in [0.2, 0.25) is 0 Å². The van der Waals surface area contributed by atoms with E-state index in [-0.39, 0.29) is 17.0 Å². The Morgan fingerprint density at radius 1 is 1.15 bits per heavy atom. The van der Waals surface area contributed by atoms with Crippen molar-refractivity contribution in [3.63, 3.8) is 0 Å². The Kier molecular flexibility index (Phi) is 2.95. The lowest BCUT2D eigenvalue weighted by Crippen LogP contribution is -2.22. The molecule has 3 rings (SSSR count). The zero-order valence-corrected chi connectivity index (χ0v) is 11.4. The quantitative estimate of drug-likeness (QED) is 0.748. The van der Waals surface area contributed by atoms with Crippen LogP contribution >= 0.6 is 11.6 Å². The van der Waals surface area contributed by atoms with Gasteiger partial charge in [-0.15, -0.1) is 0 Å². The third-order valence-corrected chi connectivity index (χ3v) is 3.44. The standard InChI is InChI=1S/C15H11ClN2O2/c1-9-17-12-7-3-2-5-10(12)15(20)18(9)14-11(16)6-4-8-13(14)19/h2-8,19H,1H3. The van der Waals surface area contributed by atoms with E-state index in [2.05, 4.69) is 4.98 Å². The predicted octanol–water partition coefficient (Wildman–Crippen LogP) is 3.05. The van der Waals surface area contributed by atoms with Gasteiger partial charge in [0.25, 0.3) is 5.56 Å². The lowest BCUT2D eigenvalue weighted by molar-refractivity contribution is 0.471. The van der Waals surface area contributed by atoms with Gasteiger partial charge < -0.3 is 5.11 Å². The summed E-state index contributed by atoms with van der Waals surface area (Å²) in [7, 11) is 0. The summed E-state index contributed by atoms with van der Waals surface area (Å²) in [6.07, 6.45) is 0. The highest BCUT2D eigenvalue weighted by molar-refractivity contribution is 6.32. The van der Waals surface area contributed by atoms with E-state index < -0.39 is 0 Å². The summed E-state index contributed by atoms with van der Waals surface area (Å²) in [5.41, 5.74) is 0.629. The van der Waals surface area contributed by atoms with Crippen molar-refractivity contribution in [3.05, 3.63) is 63.7 Å². The summed E-state index contributed by atoms with van der Waals surface area (Å²) >= 11 is 6.11. The van der Waals surface area contributed by atoms with Crippen LogP contribution in [-0.2, 0) is 0 Å². The van der Waals surface area contributed by atoms with Crippen molar-refractivity contribution in [1.29, 1.82) is 0 Å². The van der Waals surface area contributed by atoms with E-state index in [9.17, 15) is 9.90 Å². The Hall–Kier alpha value is -2.33. The number of nitrogens with zero attached hydrogens (tertiary/aromatic N) is 2. The molecule has 20 heavy (non-hydrogen) atoms. The first kappa shape index (κ1) is 12.7. The van der Waals surface area contributed by atoms with E-state index in [4.69, 9.17) is 11.6 Å². The molecule has 100 valence electrons. The minimum atomic E-state index is -0.253. The predicted molar refractivity (Wildman–Crippen MR) is 78.8 cm³/mol. The molecule has 1 aromatic heterocycles. The number of rotatable bonds is 1. The molecule has 1 heterocycles. The highest BCUT2D eigenvalue weighted by atomic mass is 35.5. The van der Waals surface area contributed by atoms with Crippen LogP contribution in [0.2, 0.25) is 5.02 Å². The van der Waals surface area contributed by atoms with Gasteiger partial charge in [0.15, 0.2) is 0 Å². The van der Waals surface area contributed by atoms with Gasteiger partial charge in [-0.3, -0.25) is 9.36 Å². The SMILES string of the molecule is Cc1nc2ccccc2c(=O)n1-c1c(O)cccc1Cl. The Labute approximate surface area is 119 Å². The fraction of sp³-hybridized carbons (Fsp3) is 0.0667. The molecule has 0 atom stereocenters. The monoisotopic (exact) mass is 286 g/mol. The fourth-order valence-electron chi connectivity index (χ4n) is 2.23. The van der Waals surface area contributed by atoms with Crippen molar-refractivity contribution in [2.45, 2.75) is 6.92 Å². The van der Waals surface area contributed by atoms with Crippen LogP contribution in [0, 0.1) is 6.92 Å². The topological polar surface area (TPSA) is 55.1 Å². The highest BCUT2D eigenvalue weighted by Gasteiger charge is 2.15. The van der Waals surface area contributed by atoms with Gasteiger partial charge in [-0.2, -0.15) is 0 Å². The first-order valence-corrected chi connectivity index (χ1v) is 6.43. The van der Waals surface area contributed by atoms with Gasteiger partial charge in [-0.25, -0.2) is 4.98 Å². The van der Waals surface area contributed by atoms with Crippen molar-refractivity contribution >= 4 is 22.5 Å². The molecular weight excluding hydrogens is 276 g/mol. The van der Waals surface area contributed by atoms with Crippen LogP contribution in [0.15, 0.2) is 47.3 Å². The maximum absolute atomic E-state index is 12.6. The minimum absolute atomic E-state index is 0.0558. The molecule has 0 aliphatic carbocycles. The van der Waals surface area contributed by atoms with Gasteiger partial charge in [0.05, 0.1) is 15.9 Å². The Morgan fingerprint density at radius 3 is 2.65 bits per heavy atom. The summed E-state index contributed by atoms with van der Waals surface area (Å²) in [6.45, 7) is 1.70. The Balaban J connectivity index is 2.46. The van der Waals surface area contributed by atoms with Crippen LogP contribution in [0.1, 0.15) is 5.82 Å². The van der Waals surface area contributed by atoms with E-state index >= 15 is 0 Å². The lowest BCUT2D eigenvalue weighted by atomic mass is 10.2. The van der Waals surface area contributed by atoms with Gasteiger partial charge in [0, 0.05) is 0 Å². The van der Waals surface area contributed by atoms with Gasteiger partial charge in [0.1, 0.15) is 17.3 Å². The Bertz CT molecular complexity index is 851. The zero-order chi connectivity index (χ0) is 14.3. The van der Waals surface area contributed by atoms with E-state index in [1.807, 2.05) is 6.07 Å². The van der Waals surface area contributed by atoms with Crippen LogP contribution < -0.4 is 5.56 Å². The van der Waals surface area contributed by atoms with Gasteiger partial charge in [-0.05, 0) is 31.2 Å². The molecule has 0 unspecified atom stereocenters. The molecule has 2 aromatic carbocycles. The summed E-state index contributed by atoms with van der Waals surface area (Å²) in [4.78, 5) is 17.0. The maximum atomic E-state index is 12.6. The second kappa shape index (κ2) is 4.65. The van der Waals surface area contributed by atoms with Crippen molar-refractivity contribution < 1.29 is 5.11 Å². The third kappa shape index (κ3) is 1.85. The fourth-order valence-corrected chi connectivity index (χ4v) is 2.49. The molecule has 0 aliphatic heterocycles. The number of benzene rings is 2. The molecule has 5 heteroatoms. The van der Waals surface area contributed by atoms with Crippen LogP contribution in [-0.4, -0.2) is 14.7 Å². The molecule has 1 N–H and O–H groups in total. The summed E-state index contributed by atoms with van der Waals surface area (Å²) < 4.78 is 1.33. The average Bonchev–Trinajstić information content (AvgIpc) is 2.42. The van der Waals surface area contributed by atoms with E-state index in [1.54, 1.807) is 37.3 Å². The number of para-hydroxylation sites is 2. The van der Waals surface area contributed by atoms with Crippen LogP contribution in [0.3, 0.4) is 0 Å². The number of aryl methyl sites for hydroxylation is 1. The lowest BCUT2D eigenvalue weighted by Gasteiger charge is -2.13. The van der Waals surface area contributed by atoms with Crippen LogP contribution in [0.4, 0.5) is 0 Å². The van der Waals surface area contributed by atoms with E-state index in [1.165, 1.54) is 10.6 Å². The number of aromatic hydroxyl groups is 1. The molecule has 0 saturated heterocycles. The van der Waals surface area contributed by atoms with E-state index in [0.717, 1.165) is 0 Å². The smallest absolute Gasteiger partial charge is 0.266 e. The summed E-state index contributed by atoms with van der Waals surface area (Å²) in [5.74, 6) is 0.414. The van der Waals surface area contributed by atoms with Crippen LogP contribution in [0.5, 0.6) is 5.75 Å². The second-order valence-electron chi connectivity index (χ2n) is 4.42. The first-order chi connectivity index (χ1) is 9.59. The minimum Gasteiger partial charge on any atom is -0.506 e. The molecule has 0 bridgehead atoms. The summed E-state index contributed by atoms with van der Waals surface area (Å²) in [6, 6.07) is 11.8. The Morgan fingerprint density at radius 2 is 1.90 bits per heavy atom. The number of aromatic nitrogens is 2. The number of fused-ring (bicyclic) bond motifs is 1. The zero-order valence-electron chi connectivity index (χ0n) is 10.7. The molecular formula is C15H11ClN2O2. The molecule has 0 radical (unpaired) electrons. The third-order valence-electron chi connectivity index (χ3n) is 3.13. The molecule has 3 aromatic rings. The molecule has 4 nitrogen and oxygen atoms in total. The van der Waals surface area contributed by atoms with Crippen molar-refractivity contribution in [3.8, 4) is 11.4 Å². The van der Waals surface area contributed by atoms with Gasteiger partial charge in [-0.1, -0.05) is 29.8 Å². The normalized spacial score (nSPS) is 10.9. The van der Waals surface area contributed by atoms with Crippen molar-refractivity contribution in [1.82, 2.24) is 9.55 Å². The van der Waals surface area contributed by atoms with Crippen LogP contribution in [0.25, 0.3) is 16.6 Å². The molecule has 0 spiro atoms. The number of phenolic OH excluding ortho intramolecular Hbond substituents is 1. The van der Waals surface area contributed by atoms with Crippen molar-refractivity contribution in [2.75, 3.05) is 0 Å². The molecule has 0 saturated carbocycles. The first-order valence-electron chi connectivity index (χ1n) is 6.06. The van der Waals surface area contributed by atoms with Crippen molar-refractivity contribution in [2.24, 2.45) is 0 Å². The number of halogens is 1. The highest BCUT2D eigenvalue weighted by Crippen LogP contribution is 2.29. The molecule has 0 aliphatic rings. The number of hydrogen-bond donors (Lipinski definition) is 1. The average molecular weight is 287 g/mol.